The van der Waals surface area contributed by atoms with Gasteiger partial charge in [-0.2, -0.15) is 5.26 Å². The van der Waals surface area contributed by atoms with E-state index < -0.39 is 0 Å². The summed E-state index contributed by atoms with van der Waals surface area (Å²) in [5, 5.41) is 9.41. The SMILES string of the molecule is CC(C)N(Cc1ccc(N)cc1)c1cccc(Br)c1C#N. The van der Waals surface area contributed by atoms with Crippen molar-refractivity contribution < 1.29 is 0 Å². The van der Waals surface area contributed by atoms with Crippen LogP contribution in [0.25, 0.3) is 0 Å². The number of rotatable bonds is 4. The van der Waals surface area contributed by atoms with Crippen molar-refractivity contribution >= 4 is 27.3 Å². The second kappa shape index (κ2) is 6.64. The molecule has 0 saturated carbocycles. The smallest absolute Gasteiger partial charge is 0.103 e. The van der Waals surface area contributed by atoms with Crippen LogP contribution >= 0.6 is 15.9 Å². The van der Waals surface area contributed by atoms with E-state index in [1.807, 2.05) is 42.5 Å². The fourth-order valence-corrected chi connectivity index (χ4v) is 2.67. The Balaban J connectivity index is 2.38. The summed E-state index contributed by atoms with van der Waals surface area (Å²) in [4.78, 5) is 2.22. The average molecular weight is 344 g/mol. The topological polar surface area (TPSA) is 53.0 Å². The molecule has 0 amide bonds. The number of anilines is 2. The van der Waals surface area contributed by atoms with Crippen LogP contribution in [0, 0.1) is 11.3 Å². The molecular formula is C17H18BrN3. The predicted octanol–water partition coefficient (Wildman–Crippen LogP) is 4.32. The molecule has 0 heterocycles. The third kappa shape index (κ3) is 3.56. The molecule has 0 radical (unpaired) electrons. The average Bonchev–Trinajstić information content (AvgIpc) is 2.46. The van der Waals surface area contributed by atoms with E-state index in [0.29, 0.717) is 5.56 Å². The van der Waals surface area contributed by atoms with E-state index in [1.165, 1.54) is 5.56 Å². The van der Waals surface area contributed by atoms with Crippen LogP contribution in [0.1, 0.15) is 25.0 Å². The first-order valence-electron chi connectivity index (χ1n) is 6.82. The third-order valence-electron chi connectivity index (χ3n) is 3.37. The molecule has 0 aliphatic rings. The minimum atomic E-state index is 0.281. The summed E-state index contributed by atoms with van der Waals surface area (Å²) in [5.74, 6) is 0. The fourth-order valence-electron chi connectivity index (χ4n) is 2.23. The number of benzene rings is 2. The standard InChI is InChI=1S/C17H18BrN3/c1-12(2)21(11-13-6-8-14(20)9-7-13)17-5-3-4-16(18)15(17)10-19/h3-9,12H,11,20H2,1-2H3. The van der Waals surface area contributed by atoms with Gasteiger partial charge in [0.15, 0.2) is 0 Å². The summed E-state index contributed by atoms with van der Waals surface area (Å²) in [6.07, 6.45) is 0. The van der Waals surface area contributed by atoms with E-state index >= 15 is 0 Å². The molecule has 21 heavy (non-hydrogen) atoms. The molecular weight excluding hydrogens is 326 g/mol. The molecule has 3 nitrogen and oxygen atoms in total. The highest BCUT2D eigenvalue weighted by molar-refractivity contribution is 9.10. The molecule has 0 aliphatic heterocycles. The van der Waals surface area contributed by atoms with Gasteiger partial charge in [-0.15, -0.1) is 0 Å². The second-order valence-electron chi connectivity index (χ2n) is 5.21. The quantitative estimate of drug-likeness (QED) is 0.841. The van der Waals surface area contributed by atoms with Crippen molar-refractivity contribution in [1.29, 1.82) is 5.26 Å². The van der Waals surface area contributed by atoms with Gasteiger partial charge in [0, 0.05) is 22.7 Å². The molecule has 0 aromatic heterocycles. The van der Waals surface area contributed by atoms with Crippen LogP contribution in [0.15, 0.2) is 46.9 Å². The van der Waals surface area contributed by atoms with E-state index in [1.54, 1.807) is 0 Å². The summed E-state index contributed by atoms with van der Waals surface area (Å²) >= 11 is 3.45. The first-order valence-corrected chi connectivity index (χ1v) is 7.62. The molecule has 0 bridgehead atoms. The molecule has 4 heteroatoms. The summed E-state index contributed by atoms with van der Waals surface area (Å²) in [5.41, 5.74) is 9.27. The number of halogens is 1. The summed E-state index contributed by atoms with van der Waals surface area (Å²) < 4.78 is 0.824. The third-order valence-corrected chi connectivity index (χ3v) is 4.03. The van der Waals surface area contributed by atoms with E-state index in [9.17, 15) is 5.26 Å². The summed E-state index contributed by atoms with van der Waals surface area (Å²) in [6, 6.07) is 16.3. The minimum Gasteiger partial charge on any atom is -0.399 e. The predicted molar refractivity (Wildman–Crippen MR) is 91.0 cm³/mol. The van der Waals surface area contributed by atoms with Gasteiger partial charge in [-0.1, -0.05) is 18.2 Å². The van der Waals surface area contributed by atoms with Gasteiger partial charge >= 0.3 is 0 Å². The lowest BCUT2D eigenvalue weighted by molar-refractivity contribution is 0.681. The molecule has 0 atom stereocenters. The van der Waals surface area contributed by atoms with Crippen molar-refractivity contribution in [3.05, 3.63) is 58.1 Å². The van der Waals surface area contributed by atoms with Gasteiger partial charge < -0.3 is 10.6 Å². The molecule has 0 spiro atoms. The van der Waals surface area contributed by atoms with Crippen molar-refractivity contribution in [2.24, 2.45) is 0 Å². The molecule has 0 aliphatic carbocycles. The lowest BCUT2D eigenvalue weighted by Crippen LogP contribution is -2.30. The van der Waals surface area contributed by atoms with Gasteiger partial charge in [-0.25, -0.2) is 0 Å². The highest BCUT2D eigenvalue weighted by atomic mass is 79.9. The van der Waals surface area contributed by atoms with Crippen LogP contribution < -0.4 is 10.6 Å². The highest BCUT2D eigenvalue weighted by Gasteiger charge is 2.16. The Labute approximate surface area is 134 Å². The molecule has 2 aromatic rings. The van der Waals surface area contributed by atoms with Crippen LogP contribution in [0.5, 0.6) is 0 Å². The summed E-state index contributed by atoms with van der Waals surface area (Å²) in [7, 11) is 0. The number of nitrogens with two attached hydrogens (primary N) is 1. The maximum atomic E-state index is 9.41. The van der Waals surface area contributed by atoms with E-state index in [0.717, 1.165) is 22.4 Å². The molecule has 0 saturated heterocycles. The second-order valence-corrected chi connectivity index (χ2v) is 6.06. The number of hydrogen-bond donors (Lipinski definition) is 1. The van der Waals surface area contributed by atoms with E-state index in [4.69, 9.17) is 5.73 Å². The maximum Gasteiger partial charge on any atom is 0.103 e. The Morgan fingerprint density at radius 3 is 2.43 bits per heavy atom. The number of nitrogens with zero attached hydrogens (tertiary/aromatic N) is 2. The number of nitriles is 1. The Morgan fingerprint density at radius 2 is 1.86 bits per heavy atom. The van der Waals surface area contributed by atoms with Gasteiger partial charge in [0.25, 0.3) is 0 Å². The van der Waals surface area contributed by atoms with Crippen molar-refractivity contribution in [2.75, 3.05) is 10.6 Å². The Hall–Kier alpha value is -1.99. The molecule has 0 fully saturated rings. The molecule has 2 rings (SSSR count). The maximum absolute atomic E-state index is 9.41. The normalized spacial score (nSPS) is 10.4. The Bertz CT molecular complexity index is 657. The zero-order chi connectivity index (χ0) is 15.4. The molecule has 2 N–H and O–H groups in total. The van der Waals surface area contributed by atoms with Crippen molar-refractivity contribution in [3.63, 3.8) is 0 Å². The zero-order valence-electron chi connectivity index (χ0n) is 12.2. The van der Waals surface area contributed by atoms with Gasteiger partial charge in [0.05, 0.1) is 11.3 Å². The van der Waals surface area contributed by atoms with E-state index in [2.05, 4.69) is 40.7 Å². The summed E-state index contributed by atoms with van der Waals surface area (Å²) in [6.45, 7) is 4.99. The molecule has 108 valence electrons. The lowest BCUT2D eigenvalue weighted by atomic mass is 10.1. The lowest BCUT2D eigenvalue weighted by Gasteiger charge is -2.30. The highest BCUT2D eigenvalue weighted by Crippen LogP contribution is 2.29. The minimum absolute atomic E-state index is 0.281. The van der Waals surface area contributed by atoms with Crippen molar-refractivity contribution in [1.82, 2.24) is 0 Å². The van der Waals surface area contributed by atoms with Crippen LogP contribution in [-0.4, -0.2) is 6.04 Å². The number of hydrogen-bond acceptors (Lipinski definition) is 3. The van der Waals surface area contributed by atoms with Crippen molar-refractivity contribution in [2.45, 2.75) is 26.4 Å². The molecule has 0 unspecified atom stereocenters. The van der Waals surface area contributed by atoms with Crippen LogP contribution in [0.2, 0.25) is 0 Å². The van der Waals surface area contributed by atoms with Gasteiger partial charge in [-0.05, 0) is 59.6 Å². The van der Waals surface area contributed by atoms with Crippen molar-refractivity contribution in [3.8, 4) is 6.07 Å². The first kappa shape index (κ1) is 15.4. The monoisotopic (exact) mass is 343 g/mol. The fraction of sp³-hybridized carbons (Fsp3) is 0.235. The van der Waals surface area contributed by atoms with E-state index in [-0.39, 0.29) is 6.04 Å². The van der Waals surface area contributed by atoms with Crippen LogP contribution in [0.3, 0.4) is 0 Å². The first-order chi connectivity index (χ1) is 10.0. The Kier molecular flexibility index (Phi) is 4.87. The van der Waals surface area contributed by atoms with Gasteiger partial charge in [0.2, 0.25) is 0 Å². The van der Waals surface area contributed by atoms with Crippen LogP contribution in [-0.2, 0) is 6.54 Å². The van der Waals surface area contributed by atoms with Gasteiger partial charge in [0.1, 0.15) is 6.07 Å². The molecule has 2 aromatic carbocycles. The largest absolute Gasteiger partial charge is 0.399 e. The Morgan fingerprint density at radius 1 is 1.19 bits per heavy atom. The van der Waals surface area contributed by atoms with Crippen LogP contribution in [0.4, 0.5) is 11.4 Å². The number of nitrogen functional groups attached to an aromatic ring is 1. The van der Waals surface area contributed by atoms with Gasteiger partial charge in [-0.3, -0.25) is 0 Å². The zero-order valence-corrected chi connectivity index (χ0v) is 13.8.